The molecule has 0 radical (unpaired) electrons. The summed E-state index contributed by atoms with van der Waals surface area (Å²) < 4.78 is 5.19. The number of β-amino-alcohol motifs (C(OH)–C–C–N with tert-alkyl or cyclic N) is 1. The Balaban J connectivity index is 1.41. The molecule has 0 aromatic heterocycles. The first-order chi connectivity index (χ1) is 11.7. The number of nitrogens with one attached hydrogen (secondary N) is 1. The molecule has 5 heteroatoms. The summed E-state index contributed by atoms with van der Waals surface area (Å²) in [5.41, 5.74) is 1.35. The summed E-state index contributed by atoms with van der Waals surface area (Å²) in [7, 11) is 1.69. The first kappa shape index (κ1) is 17.2. The van der Waals surface area contributed by atoms with Crippen LogP contribution in [0.25, 0.3) is 0 Å². The summed E-state index contributed by atoms with van der Waals surface area (Å²) in [5.74, 6) is 1.76. The summed E-state index contributed by atoms with van der Waals surface area (Å²) in [6.07, 6.45) is 4.60. The number of likely N-dealkylation sites (tertiary alicyclic amines) is 1. The zero-order valence-corrected chi connectivity index (χ0v) is 14.4. The highest BCUT2D eigenvalue weighted by Crippen LogP contribution is 2.24. The number of carbonyl (C=O) groups is 1. The number of hydrogen-bond acceptors (Lipinski definition) is 4. The minimum atomic E-state index is -0.374. The van der Waals surface area contributed by atoms with Gasteiger partial charge in [-0.25, -0.2) is 0 Å². The topological polar surface area (TPSA) is 61.8 Å². The van der Waals surface area contributed by atoms with Crippen LogP contribution in [0.2, 0.25) is 0 Å². The highest BCUT2D eigenvalue weighted by atomic mass is 16.5. The third-order valence-electron chi connectivity index (χ3n) is 5.33. The number of methoxy groups -OCH3 is 1. The van der Waals surface area contributed by atoms with Gasteiger partial charge in [0.15, 0.2) is 0 Å². The summed E-state index contributed by atoms with van der Waals surface area (Å²) in [6.45, 7) is 2.23. The van der Waals surface area contributed by atoms with Crippen molar-refractivity contribution >= 4 is 5.91 Å². The van der Waals surface area contributed by atoms with E-state index in [0.717, 1.165) is 38.1 Å². The lowest BCUT2D eigenvalue weighted by atomic mass is 9.90. The number of rotatable bonds is 5. The normalized spacial score (nSPS) is 25.0. The van der Waals surface area contributed by atoms with Gasteiger partial charge >= 0.3 is 0 Å². The maximum Gasteiger partial charge on any atom is 0.239 e. The monoisotopic (exact) mass is 332 g/mol. The Kier molecular flexibility index (Phi) is 5.74. The van der Waals surface area contributed by atoms with E-state index in [-0.39, 0.29) is 18.1 Å². The van der Waals surface area contributed by atoms with Gasteiger partial charge in [0.25, 0.3) is 0 Å². The van der Waals surface area contributed by atoms with E-state index < -0.39 is 0 Å². The zero-order valence-electron chi connectivity index (χ0n) is 14.4. The number of aliphatic hydroxyl groups is 1. The summed E-state index contributed by atoms with van der Waals surface area (Å²) in [6, 6.07) is 8.11. The summed E-state index contributed by atoms with van der Waals surface area (Å²) in [4.78, 5) is 14.4. The van der Waals surface area contributed by atoms with Crippen molar-refractivity contribution < 1.29 is 14.6 Å². The van der Waals surface area contributed by atoms with Gasteiger partial charge in [-0.15, -0.1) is 0 Å². The van der Waals surface area contributed by atoms with Crippen molar-refractivity contribution in [2.75, 3.05) is 26.7 Å². The van der Waals surface area contributed by atoms with Gasteiger partial charge in [-0.1, -0.05) is 12.1 Å². The molecule has 2 heterocycles. The molecule has 1 aromatic rings. The zero-order chi connectivity index (χ0) is 16.9. The van der Waals surface area contributed by atoms with Gasteiger partial charge in [0.1, 0.15) is 5.75 Å². The Morgan fingerprint density at radius 2 is 2.00 bits per heavy atom. The quantitative estimate of drug-likeness (QED) is 0.860. The fourth-order valence-electron chi connectivity index (χ4n) is 3.73. The number of hydrogen-bond donors (Lipinski definition) is 2. The Bertz CT molecular complexity index is 538. The molecule has 0 unspecified atom stereocenters. The third kappa shape index (κ3) is 4.28. The van der Waals surface area contributed by atoms with E-state index in [1.165, 1.54) is 12.0 Å². The number of benzene rings is 1. The van der Waals surface area contributed by atoms with Gasteiger partial charge in [0.2, 0.25) is 5.91 Å². The number of piperidine rings is 1. The van der Waals surface area contributed by atoms with Gasteiger partial charge in [0, 0.05) is 19.6 Å². The molecule has 2 aliphatic heterocycles. The molecule has 0 spiro atoms. The molecule has 2 atom stereocenters. The molecule has 2 fully saturated rings. The Hall–Kier alpha value is -1.59. The maximum absolute atomic E-state index is 12.4. The van der Waals surface area contributed by atoms with Crippen LogP contribution in [0.4, 0.5) is 0 Å². The molecular formula is C19H28N2O3. The Morgan fingerprint density at radius 1 is 1.29 bits per heavy atom. The fraction of sp³-hybridized carbons (Fsp3) is 0.632. The lowest BCUT2D eigenvalue weighted by molar-refractivity contribution is -0.134. The number of carbonyl (C=O) groups excluding carboxylic acids is 1. The Morgan fingerprint density at radius 3 is 2.58 bits per heavy atom. The maximum atomic E-state index is 12.4. The largest absolute Gasteiger partial charge is 0.497 e. The van der Waals surface area contributed by atoms with Gasteiger partial charge in [-0.3, -0.25) is 4.79 Å². The van der Waals surface area contributed by atoms with Crippen LogP contribution >= 0.6 is 0 Å². The average molecular weight is 332 g/mol. The SMILES string of the molecule is COc1ccc(CCC2CCN(C(=O)[C@@H]3C[C@@H](O)CN3)CC2)cc1. The second-order valence-corrected chi connectivity index (χ2v) is 7.01. The summed E-state index contributed by atoms with van der Waals surface area (Å²) in [5, 5.41) is 12.7. The van der Waals surface area contributed by atoms with E-state index in [9.17, 15) is 9.90 Å². The average Bonchev–Trinajstić information content (AvgIpc) is 3.06. The van der Waals surface area contributed by atoms with Crippen LogP contribution < -0.4 is 10.1 Å². The molecule has 1 amide bonds. The van der Waals surface area contributed by atoms with Crippen molar-refractivity contribution in [3.63, 3.8) is 0 Å². The molecule has 0 aliphatic carbocycles. The van der Waals surface area contributed by atoms with Crippen molar-refractivity contribution in [1.29, 1.82) is 0 Å². The van der Waals surface area contributed by atoms with Crippen molar-refractivity contribution in [1.82, 2.24) is 10.2 Å². The lowest BCUT2D eigenvalue weighted by Gasteiger charge is -2.33. The number of aryl methyl sites for hydroxylation is 1. The predicted octanol–water partition coefficient (Wildman–Crippen LogP) is 1.59. The van der Waals surface area contributed by atoms with E-state index in [0.29, 0.717) is 18.9 Å². The van der Waals surface area contributed by atoms with E-state index in [2.05, 4.69) is 17.4 Å². The van der Waals surface area contributed by atoms with Crippen molar-refractivity contribution in [3.05, 3.63) is 29.8 Å². The van der Waals surface area contributed by atoms with Crippen molar-refractivity contribution in [2.24, 2.45) is 5.92 Å². The highest BCUT2D eigenvalue weighted by Gasteiger charge is 2.32. The van der Waals surface area contributed by atoms with Gasteiger partial charge in [-0.2, -0.15) is 0 Å². The standard InChI is InChI=1S/C19H28N2O3/c1-24-17-6-4-14(5-7-17)2-3-15-8-10-21(11-9-15)19(23)18-12-16(22)13-20-18/h4-7,15-16,18,20,22H,2-3,8-13H2,1H3/t16-,18+/m1/s1. The minimum absolute atomic E-state index is 0.167. The van der Waals surface area contributed by atoms with Crippen molar-refractivity contribution in [2.45, 2.75) is 44.2 Å². The first-order valence-corrected chi connectivity index (χ1v) is 8.99. The van der Waals surface area contributed by atoms with Crippen LogP contribution in [0.1, 0.15) is 31.2 Å². The molecule has 0 bridgehead atoms. The molecule has 2 aliphatic rings. The molecule has 2 saturated heterocycles. The van der Waals surface area contributed by atoms with E-state index >= 15 is 0 Å². The van der Waals surface area contributed by atoms with Gasteiger partial charge < -0.3 is 20.1 Å². The van der Waals surface area contributed by atoms with Gasteiger partial charge in [-0.05, 0) is 55.7 Å². The smallest absolute Gasteiger partial charge is 0.239 e. The van der Waals surface area contributed by atoms with E-state index in [1.807, 2.05) is 17.0 Å². The number of aliphatic hydroxyl groups excluding tert-OH is 1. The fourth-order valence-corrected chi connectivity index (χ4v) is 3.73. The van der Waals surface area contributed by atoms with Crippen LogP contribution in [0.3, 0.4) is 0 Å². The molecule has 3 rings (SSSR count). The Labute approximate surface area is 144 Å². The van der Waals surface area contributed by atoms with Crippen LogP contribution in [0, 0.1) is 5.92 Å². The number of ether oxygens (including phenoxy) is 1. The molecule has 2 N–H and O–H groups in total. The molecule has 1 aromatic carbocycles. The minimum Gasteiger partial charge on any atom is -0.497 e. The van der Waals surface area contributed by atoms with E-state index in [1.54, 1.807) is 7.11 Å². The second-order valence-electron chi connectivity index (χ2n) is 7.01. The lowest BCUT2D eigenvalue weighted by Crippen LogP contribution is -2.47. The van der Waals surface area contributed by atoms with Crippen LogP contribution in [0.5, 0.6) is 5.75 Å². The summed E-state index contributed by atoms with van der Waals surface area (Å²) >= 11 is 0. The number of amides is 1. The first-order valence-electron chi connectivity index (χ1n) is 8.99. The van der Waals surface area contributed by atoms with Crippen LogP contribution in [-0.4, -0.2) is 54.8 Å². The molecule has 132 valence electrons. The highest BCUT2D eigenvalue weighted by molar-refractivity contribution is 5.82. The predicted molar refractivity (Wildman–Crippen MR) is 93.0 cm³/mol. The van der Waals surface area contributed by atoms with Crippen LogP contribution in [0.15, 0.2) is 24.3 Å². The molecule has 5 nitrogen and oxygen atoms in total. The number of nitrogens with zero attached hydrogens (tertiary/aromatic N) is 1. The van der Waals surface area contributed by atoms with Crippen molar-refractivity contribution in [3.8, 4) is 5.75 Å². The van der Waals surface area contributed by atoms with Gasteiger partial charge in [0.05, 0.1) is 19.3 Å². The molecular weight excluding hydrogens is 304 g/mol. The second kappa shape index (κ2) is 7.99. The molecule has 24 heavy (non-hydrogen) atoms. The van der Waals surface area contributed by atoms with E-state index in [4.69, 9.17) is 4.74 Å². The molecule has 0 saturated carbocycles. The van der Waals surface area contributed by atoms with Crippen LogP contribution in [-0.2, 0) is 11.2 Å². The third-order valence-corrected chi connectivity index (χ3v) is 5.33.